The molecule has 2 N–H and O–H groups in total. The summed E-state index contributed by atoms with van der Waals surface area (Å²) in [6.45, 7) is 10.7. The summed E-state index contributed by atoms with van der Waals surface area (Å²) in [4.78, 5) is 26.5. The molecule has 2 aliphatic heterocycles. The molecular weight excluding hydrogens is 410 g/mol. The van der Waals surface area contributed by atoms with Crippen LogP contribution in [0.1, 0.15) is 39.0 Å². The number of ether oxygens (including phenoxy) is 2. The van der Waals surface area contributed by atoms with Crippen LogP contribution in [0.25, 0.3) is 11.4 Å². The van der Waals surface area contributed by atoms with E-state index in [2.05, 4.69) is 17.3 Å². The molecule has 9 heteroatoms. The maximum atomic E-state index is 12.7. The van der Waals surface area contributed by atoms with Gasteiger partial charge in [0.1, 0.15) is 11.4 Å². The summed E-state index contributed by atoms with van der Waals surface area (Å²) in [6.07, 6.45) is 0.338. The van der Waals surface area contributed by atoms with Crippen molar-refractivity contribution in [3.05, 3.63) is 35.5 Å². The number of benzene rings is 1. The van der Waals surface area contributed by atoms with E-state index < -0.39 is 5.60 Å². The molecule has 0 bridgehead atoms. The third-order valence-electron chi connectivity index (χ3n) is 5.61. The minimum atomic E-state index is -0.551. The molecule has 2 aliphatic rings. The summed E-state index contributed by atoms with van der Waals surface area (Å²) >= 11 is 0. The van der Waals surface area contributed by atoms with E-state index in [-0.39, 0.29) is 12.1 Å². The summed E-state index contributed by atoms with van der Waals surface area (Å²) in [5, 5.41) is 9.11. The highest BCUT2D eigenvalue weighted by Crippen LogP contribution is 2.32. The Morgan fingerprint density at radius 2 is 1.97 bits per heavy atom. The zero-order valence-corrected chi connectivity index (χ0v) is 19.1. The highest BCUT2D eigenvalue weighted by Gasteiger charge is 2.32. The number of fused-ring (bicyclic) bond motifs is 1. The Bertz CT molecular complexity index is 974. The van der Waals surface area contributed by atoms with Gasteiger partial charge in [-0.25, -0.2) is 14.8 Å². The van der Waals surface area contributed by atoms with Crippen LogP contribution in [0.4, 0.5) is 16.3 Å². The van der Waals surface area contributed by atoms with Crippen molar-refractivity contribution in [2.45, 2.75) is 52.3 Å². The molecule has 1 amide bonds. The molecule has 3 heterocycles. The Kier molecular flexibility index (Phi) is 6.21. The third-order valence-corrected chi connectivity index (χ3v) is 5.61. The second kappa shape index (κ2) is 8.91. The zero-order chi connectivity index (χ0) is 22.9. The number of carbonyl (C=O) groups excluding carboxylic acids is 1. The molecule has 0 spiro atoms. The van der Waals surface area contributed by atoms with Crippen LogP contribution in [0.3, 0.4) is 0 Å². The normalized spacial score (nSPS) is 18.8. The van der Waals surface area contributed by atoms with Crippen LogP contribution in [0.5, 0.6) is 0 Å². The van der Waals surface area contributed by atoms with Crippen molar-refractivity contribution in [1.82, 2.24) is 14.9 Å². The largest absolute Gasteiger partial charge is 0.444 e. The van der Waals surface area contributed by atoms with E-state index in [1.165, 1.54) is 0 Å². The van der Waals surface area contributed by atoms with Gasteiger partial charge in [-0.1, -0.05) is 0 Å². The van der Waals surface area contributed by atoms with Crippen molar-refractivity contribution in [1.29, 1.82) is 0 Å². The summed E-state index contributed by atoms with van der Waals surface area (Å²) in [7, 11) is 0. The fourth-order valence-corrected chi connectivity index (χ4v) is 4.00. The van der Waals surface area contributed by atoms with Crippen LogP contribution in [-0.4, -0.2) is 64.1 Å². The van der Waals surface area contributed by atoms with Gasteiger partial charge >= 0.3 is 6.09 Å². The van der Waals surface area contributed by atoms with Crippen LogP contribution >= 0.6 is 0 Å². The highest BCUT2D eigenvalue weighted by atomic mass is 16.6. The third kappa shape index (κ3) is 4.78. The minimum absolute atomic E-state index is 0.195. The Hall–Kier alpha value is -2.91. The highest BCUT2D eigenvalue weighted by molar-refractivity contribution is 5.70. The van der Waals surface area contributed by atoms with Gasteiger partial charge in [0.25, 0.3) is 0 Å². The topological polar surface area (TPSA) is 100 Å². The van der Waals surface area contributed by atoms with Crippen molar-refractivity contribution in [2.24, 2.45) is 0 Å². The molecule has 4 rings (SSSR count). The number of aromatic nitrogens is 2. The van der Waals surface area contributed by atoms with E-state index in [1.54, 1.807) is 17.0 Å². The van der Waals surface area contributed by atoms with Crippen LogP contribution in [0, 0.1) is 0 Å². The van der Waals surface area contributed by atoms with Crippen molar-refractivity contribution >= 4 is 17.6 Å². The summed E-state index contributed by atoms with van der Waals surface area (Å²) in [5.41, 5.74) is 4.93. The molecule has 0 aliphatic carbocycles. The average molecular weight is 442 g/mol. The maximum Gasteiger partial charge on any atom is 0.410 e. The fraction of sp³-hybridized carbons (Fsp3) is 0.522. The molecule has 1 atom stereocenters. The SMILES string of the molecule is C[C@H]1COCCN1c1nc(-c2ccc(NO)cc2)nc2c1CCN(C(=O)OC(C)(C)C)C2. The van der Waals surface area contributed by atoms with E-state index >= 15 is 0 Å². The lowest BCUT2D eigenvalue weighted by Crippen LogP contribution is -2.46. The first-order chi connectivity index (χ1) is 15.2. The standard InChI is InChI=1S/C23H31N5O4/c1-15-14-31-12-11-28(15)21-18-9-10-27(22(29)32-23(2,3)4)13-19(18)24-20(25-21)16-5-7-17(26-30)8-6-16/h5-8,15,26,30H,9-14H2,1-4H3/t15-/m0/s1. The number of hydrogen-bond acceptors (Lipinski definition) is 8. The Labute approximate surface area is 188 Å². The van der Waals surface area contributed by atoms with Gasteiger partial charge in [-0.05, 0) is 58.4 Å². The number of nitrogens with one attached hydrogen (secondary N) is 1. The average Bonchev–Trinajstić information content (AvgIpc) is 2.77. The number of carbonyl (C=O) groups is 1. The fourth-order valence-electron chi connectivity index (χ4n) is 4.00. The van der Waals surface area contributed by atoms with Gasteiger partial charge in [0.15, 0.2) is 5.82 Å². The molecule has 0 radical (unpaired) electrons. The number of anilines is 2. The van der Waals surface area contributed by atoms with E-state index in [0.717, 1.165) is 29.2 Å². The number of amides is 1. The Morgan fingerprint density at radius 1 is 1.22 bits per heavy atom. The first kappa shape index (κ1) is 22.3. The van der Waals surface area contributed by atoms with E-state index in [0.29, 0.717) is 44.2 Å². The van der Waals surface area contributed by atoms with Gasteiger partial charge in [-0.3, -0.25) is 10.7 Å². The second-order valence-electron chi connectivity index (χ2n) is 9.25. The van der Waals surface area contributed by atoms with Crippen LogP contribution in [-0.2, 0) is 22.4 Å². The monoisotopic (exact) mass is 441 g/mol. The van der Waals surface area contributed by atoms with Gasteiger partial charge in [0.05, 0.1) is 37.2 Å². The quantitative estimate of drug-likeness (QED) is 0.699. The Balaban J connectivity index is 1.72. The molecule has 0 saturated carbocycles. The van der Waals surface area contributed by atoms with Crippen molar-refractivity contribution in [2.75, 3.05) is 36.7 Å². The molecule has 1 aromatic heterocycles. The molecule has 172 valence electrons. The molecule has 1 fully saturated rings. The minimum Gasteiger partial charge on any atom is -0.444 e. The lowest BCUT2D eigenvalue weighted by atomic mass is 10.0. The van der Waals surface area contributed by atoms with Crippen molar-refractivity contribution in [3.8, 4) is 11.4 Å². The Morgan fingerprint density at radius 3 is 2.62 bits per heavy atom. The number of nitrogens with zero attached hydrogens (tertiary/aromatic N) is 4. The molecular formula is C23H31N5O4. The van der Waals surface area contributed by atoms with Gasteiger partial charge in [-0.15, -0.1) is 0 Å². The number of rotatable bonds is 3. The second-order valence-corrected chi connectivity index (χ2v) is 9.25. The van der Waals surface area contributed by atoms with Crippen LogP contribution in [0.2, 0.25) is 0 Å². The van der Waals surface area contributed by atoms with E-state index in [4.69, 9.17) is 24.6 Å². The van der Waals surface area contributed by atoms with Gasteiger partial charge in [0, 0.05) is 24.2 Å². The lowest BCUT2D eigenvalue weighted by Gasteiger charge is -2.38. The molecule has 32 heavy (non-hydrogen) atoms. The molecule has 2 aromatic rings. The van der Waals surface area contributed by atoms with Crippen LogP contribution in [0.15, 0.2) is 24.3 Å². The van der Waals surface area contributed by atoms with Gasteiger partial charge in [0.2, 0.25) is 0 Å². The summed E-state index contributed by atoms with van der Waals surface area (Å²) in [5.74, 6) is 1.50. The first-order valence-corrected chi connectivity index (χ1v) is 11.0. The van der Waals surface area contributed by atoms with Crippen LogP contribution < -0.4 is 10.4 Å². The predicted octanol–water partition coefficient (Wildman–Crippen LogP) is 3.46. The molecule has 1 saturated heterocycles. The van der Waals surface area contributed by atoms with Gasteiger partial charge < -0.3 is 19.3 Å². The first-order valence-electron chi connectivity index (χ1n) is 11.0. The molecule has 1 aromatic carbocycles. The predicted molar refractivity (Wildman–Crippen MR) is 121 cm³/mol. The van der Waals surface area contributed by atoms with E-state index in [9.17, 15) is 4.79 Å². The number of hydrogen-bond donors (Lipinski definition) is 2. The van der Waals surface area contributed by atoms with Gasteiger partial charge in [-0.2, -0.15) is 0 Å². The summed E-state index contributed by atoms with van der Waals surface area (Å²) in [6, 6.07) is 7.45. The van der Waals surface area contributed by atoms with Crippen molar-refractivity contribution < 1.29 is 19.5 Å². The zero-order valence-electron chi connectivity index (χ0n) is 19.1. The maximum absolute atomic E-state index is 12.7. The summed E-state index contributed by atoms with van der Waals surface area (Å²) < 4.78 is 11.2. The number of morpholine rings is 1. The molecule has 9 nitrogen and oxygen atoms in total. The smallest absolute Gasteiger partial charge is 0.410 e. The molecule has 0 unspecified atom stereocenters. The van der Waals surface area contributed by atoms with Crippen molar-refractivity contribution in [3.63, 3.8) is 0 Å². The van der Waals surface area contributed by atoms with E-state index in [1.807, 2.05) is 32.9 Å². The lowest BCUT2D eigenvalue weighted by molar-refractivity contribution is 0.0220.